The first-order valence-electron chi connectivity index (χ1n) is 9.96. The smallest absolute Gasteiger partial charge is 0.227 e. The summed E-state index contributed by atoms with van der Waals surface area (Å²) in [6.45, 7) is 3.68. The zero-order valence-electron chi connectivity index (χ0n) is 16.4. The van der Waals surface area contributed by atoms with E-state index >= 15 is 0 Å². The van der Waals surface area contributed by atoms with E-state index in [2.05, 4.69) is 32.5 Å². The summed E-state index contributed by atoms with van der Waals surface area (Å²) in [7, 11) is 0. The van der Waals surface area contributed by atoms with Gasteiger partial charge in [-0.15, -0.1) is 10.2 Å². The third-order valence-electron chi connectivity index (χ3n) is 5.12. The van der Waals surface area contributed by atoms with Crippen molar-refractivity contribution in [3.8, 4) is 0 Å². The van der Waals surface area contributed by atoms with E-state index in [9.17, 15) is 4.79 Å². The number of benzene rings is 2. The quantitative estimate of drug-likeness (QED) is 0.705. The molecule has 0 saturated carbocycles. The molecule has 148 valence electrons. The molecule has 1 N–H and O–H groups in total. The van der Waals surface area contributed by atoms with E-state index < -0.39 is 0 Å². The minimum atomic E-state index is 0.183. The monoisotopic (exact) mass is 387 g/mol. The van der Waals surface area contributed by atoms with Gasteiger partial charge in [0.05, 0.1) is 6.42 Å². The number of nitrogens with zero attached hydrogens (tertiary/aromatic N) is 4. The van der Waals surface area contributed by atoms with Gasteiger partial charge in [-0.05, 0) is 23.3 Å². The first-order chi connectivity index (χ1) is 14.3. The number of rotatable bonds is 6. The fourth-order valence-corrected chi connectivity index (χ4v) is 3.44. The van der Waals surface area contributed by atoms with Crippen LogP contribution in [-0.4, -0.2) is 47.2 Å². The Morgan fingerprint density at radius 2 is 1.45 bits per heavy atom. The highest BCUT2D eigenvalue weighted by Crippen LogP contribution is 2.15. The van der Waals surface area contributed by atoms with Crippen LogP contribution >= 0.6 is 0 Å². The van der Waals surface area contributed by atoms with Crippen LogP contribution in [0.1, 0.15) is 11.1 Å². The summed E-state index contributed by atoms with van der Waals surface area (Å²) in [5.74, 6) is 1.79. The van der Waals surface area contributed by atoms with Crippen molar-refractivity contribution < 1.29 is 4.79 Å². The van der Waals surface area contributed by atoms with E-state index in [-0.39, 0.29) is 5.91 Å². The fourth-order valence-electron chi connectivity index (χ4n) is 3.44. The highest BCUT2D eigenvalue weighted by molar-refractivity contribution is 5.79. The molecule has 29 heavy (non-hydrogen) atoms. The van der Waals surface area contributed by atoms with Gasteiger partial charge in [0.15, 0.2) is 5.82 Å². The molecular weight excluding hydrogens is 362 g/mol. The van der Waals surface area contributed by atoms with Crippen LogP contribution in [-0.2, 0) is 17.8 Å². The van der Waals surface area contributed by atoms with E-state index in [1.165, 1.54) is 5.56 Å². The topological polar surface area (TPSA) is 61.4 Å². The van der Waals surface area contributed by atoms with Crippen LogP contribution in [0.3, 0.4) is 0 Å². The molecule has 2 heterocycles. The van der Waals surface area contributed by atoms with Crippen molar-refractivity contribution in [2.24, 2.45) is 0 Å². The molecule has 0 unspecified atom stereocenters. The highest BCUT2D eigenvalue weighted by Gasteiger charge is 2.22. The molecule has 1 aromatic heterocycles. The summed E-state index contributed by atoms with van der Waals surface area (Å²) in [6.07, 6.45) is 0.461. The Morgan fingerprint density at radius 1 is 0.793 bits per heavy atom. The maximum Gasteiger partial charge on any atom is 0.227 e. The van der Waals surface area contributed by atoms with Gasteiger partial charge >= 0.3 is 0 Å². The summed E-state index contributed by atoms with van der Waals surface area (Å²) in [5, 5.41) is 11.9. The number of aromatic nitrogens is 2. The number of hydrogen-bond donors (Lipinski definition) is 1. The molecular formula is C23H25N5O. The molecule has 1 aliphatic rings. The molecule has 0 bridgehead atoms. The van der Waals surface area contributed by atoms with Crippen LogP contribution in [0.4, 0.5) is 11.6 Å². The Labute approximate surface area is 171 Å². The number of hydrogen-bond acceptors (Lipinski definition) is 5. The molecule has 0 spiro atoms. The summed E-state index contributed by atoms with van der Waals surface area (Å²) in [6, 6.07) is 24.1. The molecule has 0 atom stereocenters. The molecule has 1 aliphatic heterocycles. The molecule has 0 aliphatic carbocycles. The average molecular weight is 387 g/mol. The van der Waals surface area contributed by atoms with Crippen molar-refractivity contribution in [1.29, 1.82) is 0 Å². The third kappa shape index (κ3) is 5.10. The predicted molar refractivity (Wildman–Crippen MR) is 115 cm³/mol. The average Bonchev–Trinajstić information content (AvgIpc) is 2.79. The van der Waals surface area contributed by atoms with Gasteiger partial charge in [-0.1, -0.05) is 60.7 Å². The normalized spacial score (nSPS) is 13.9. The van der Waals surface area contributed by atoms with Gasteiger partial charge in [-0.3, -0.25) is 4.79 Å². The third-order valence-corrected chi connectivity index (χ3v) is 5.12. The van der Waals surface area contributed by atoms with Crippen LogP contribution in [0, 0.1) is 0 Å². The fraction of sp³-hybridized carbons (Fsp3) is 0.261. The van der Waals surface area contributed by atoms with Crippen LogP contribution < -0.4 is 10.2 Å². The van der Waals surface area contributed by atoms with Gasteiger partial charge in [0.2, 0.25) is 5.91 Å². The molecule has 1 saturated heterocycles. The number of carbonyl (C=O) groups is 1. The van der Waals surface area contributed by atoms with Gasteiger partial charge in [0.1, 0.15) is 5.82 Å². The van der Waals surface area contributed by atoms with Crippen molar-refractivity contribution in [3.05, 3.63) is 83.9 Å². The van der Waals surface area contributed by atoms with Crippen LogP contribution in [0.2, 0.25) is 0 Å². The summed E-state index contributed by atoms with van der Waals surface area (Å²) < 4.78 is 0. The second-order valence-corrected chi connectivity index (χ2v) is 7.15. The van der Waals surface area contributed by atoms with Crippen LogP contribution in [0.15, 0.2) is 72.8 Å². The molecule has 2 aromatic carbocycles. The second-order valence-electron chi connectivity index (χ2n) is 7.15. The van der Waals surface area contributed by atoms with Crippen molar-refractivity contribution >= 4 is 17.5 Å². The molecule has 1 fully saturated rings. The number of amides is 1. The summed E-state index contributed by atoms with van der Waals surface area (Å²) in [5.41, 5.74) is 2.26. The van der Waals surface area contributed by atoms with Crippen molar-refractivity contribution in [3.63, 3.8) is 0 Å². The van der Waals surface area contributed by atoms with Crippen molar-refractivity contribution in [2.75, 3.05) is 36.4 Å². The standard InChI is InChI=1S/C23H25N5O/c29-23(17-19-7-3-1-4-8-19)28-15-13-27(14-16-28)22-12-11-21(25-26-22)24-18-20-9-5-2-6-10-20/h1-12H,13-18H2,(H,24,25). The maximum atomic E-state index is 12.5. The zero-order valence-corrected chi connectivity index (χ0v) is 16.4. The highest BCUT2D eigenvalue weighted by atomic mass is 16.2. The van der Waals surface area contributed by atoms with Gasteiger partial charge in [-0.2, -0.15) is 0 Å². The number of nitrogens with one attached hydrogen (secondary N) is 1. The molecule has 4 rings (SSSR count). The Balaban J connectivity index is 1.26. The lowest BCUT2D eigenvalue weighted by Gasteiger charge is -2.35. The first-order valence-corrected chi connectivity index (χ1v) is 9.96. The predicted octanol–water partition coefficient (Wildman–Crippen LogP) is 2.98. The summed E-state index contributed by atoms with van der Waals surface area (Å²) in [4.78, 5) is 16.6. The SMILES string of the molecule is O=C(Cc1ccccc1)N1CCN(c2ccc(NCc3ccccc3)nn2)CC1. The van der Waals surface area contributed by atoms with Crippen molar-refractivity contribution in [1.82, 2.24) is 15.1 Å². The Morgan fingerprint density at radius 3 is 2.07 bits per heavy atom. The molecule has 1 amide bonds. The van der Waals surface area contributed by atoms with E-state index in [0.29, 0.717) is 19.5 Å². The number of anilines is 2. The van der Waals surface area contributed by atoms with Gasteiger partial charge in [0, 0.05) is 32.7 Å². The van der Waals surface area contributed by atoms with Gasteiger partial charge < -0.3 is 15.1 Å². The number of carbonyl (C=O) groups excluding carboxylic acids is 1. The Bertz CT molecular complexity index is 907. The largest absolute Gasteiger partial charge is 0.365 e. The molecule has 3 aromatic rings. The Kier molecular flexibility index (Phi) is 6.00. The lowest BCUT2D eigenvalue weighted by atomic mass is 10.1. The minimum Gasteiger partial charge on any atom is -0.365 e. The lowest BCUT2D eigenvalue weighted by molar-refractivity contribution is -0.130. The minimum absolute atomic E-state index is 0.183. The lowest BCUT2D eigenvalue weighted by Crippen LogP contribution is -2.49. The maximum absolute atomic E-state index is 12.5. The van der Waals surface area contributed by atoms with Gasteiger partial charge in [-0.25, -0.2) is 0 Å². The number of piperazine rings is 1. The van der Waals surface area contributed by atoms with E-state index in [1.807, 2.05) is 65.6 Å². The van der Waals surface area contributed by atoms with Gasteiger partial charge in [0.25, 0.3) is 0 Å². The Hall–Kier alpha value is -3.41. The molecule has 0 radical (unpaired) electrons. The van der Waals surface area contributed by atoms with Crippen molar-refractivity contribution in [2.45, 2.75) is 13.0 Å². The zero-order chi connectivity index (χ0) is 19.9. The first kappa shape index (κ1) is 18.9. The molecule has 6 nitrogen and oxygen atoms in total. The van der Waals surface area contributed by atoms with Crippen LogP contribution in [0.5, 0.6) is 0 Å². The summed E-state index contributed by atoms with van der Waals surface area (Å²) >= 11 is 0. The second kappa shape index (κ2) is 9.19. The van der Waals surface area contributed by atoms with E-state index in [4.69, 9.17) is 0 Å². The molecule has 6 heteroatoms. The van der Waals surface area contributed by atoms with Crippen LogP contribution in [0.25, 0.3) is 0 Å². The van der Waals surface area contributed by atoms with E-state index in [1.54, 1.807) is 0 Å². The van der Waals surface area contributed by atoms with E-state index in [0.717, 1.165) is 36.8 Å².